The van der Waals surface area contributed by atoms with Gasteiger partial charge < -0.3 is 9.62 Å². The second-order valence-corrected chi connectivity index (χ2v) is 2.85. The number of benzene rings is 1. The van der Waals surface area contributed by atoms with Crippen LogP contribution >= 0.6 is 0 Å². The molecule has 0 radical (unpaired) electrons. The lowest BCUT2D eigenvalue weighted by Gasteiger charge is -1.97. The average molecular weight is 187 g/mol. The molecule has 0 aliphatic heterocycles. The third-order valence-electron chi connectivity index (χ3n) is 1.90. The van der Waals surface area contributed by atoms with Crippen LogP contribution < -0.4 is 0 Å². The van der Waals surface area contributed by atoms with Crippen LogP contribution in [0.3, 0.4) is 0 Å². The Morgan fingerprint density at radius 3 is 2.86 bits per heavy atom. The van der Waals surface area contributed by atoms with Crippen LogP contribution in [0.4, 0.5) is 0 Å². The van der Waals surface area contributed by atoms with Crippen LogP contribution in [0.5, 0.6) is 0 Å². The highest BCUT2D eigenvalue weighted by atomic mass is 16.4. The highest BCUT2D eigenvalue weighted by molar-refractivity contribution is 5.81. The third kappa shape index (κ3) is 1.66. The molecule has 0 amide bonds. The van der Waals surface area contributed by atoms with Crippen LogP contribution in [0.1, 0.15) is 5.56 Å². The van der Waals surface area contributed by atoms with Gasteiger partial charge in [0.05, 0.1) is 12.5 Å². The molecular formula is C11H9NO2. The Morgan fingerprint density at radius 2 is 2.14 bits per heavy atom. The van der Waals surface area contributed by atoms with Crippen molar-refractivity contribution in [2.24, 2.45) is 5.16 Å². The molecule has 3 heteroatoms. The number of rotatable bonds is 2. The summed E-state index contributed by atoms with van der Waals surface area (Å²) in [5, 5.41) is 11.4. The second kappa shape index (κ2) is 3.79. The maximum Gasteiger partial charge on any atom is 0.133 e. The molecule has 70 valence electrons. The molecule has 1 aromatic heterocycles. The molecule has 0 aliphatic carbocycles. The van der Waals surface area contributed by atoms with Crippen molar-refractivity contribution in [3.63, 3.8) is 0 Å². The number of nitrogens with zero attached hydrogens (tertiary/aromatic N) is 1. The van der Waals surface area contributed by atoms with E-state index in [-0.39, 0.29) is 0 Å². The van der Waals surface area contributed by atoms with Crippen molar-refractivity contribution in [1.82, 2.24) is 0 Å². The normalized spacial score (nSPS) is 10.9. The predicted octanol–water partition coefficient (Wildman–Crippen LogP) is 2.75. The van der Waals surface area contributed by atoms with Gasteiger partial charge >= 0.3 is 0 Å². The van der Waals surface area contributed by atoms with Gasteiger partial charge in [0.1, 0.15) is 5.76 Å². The molecule has 0 spiro atoms. The highest BCUT2D eigenvalue weighted by Gasteiger charge is 1.99. The van der Waals surface area contributed by atoms with Gasteiger partial charge in [0.15, 0.2) is 0 Å². The van der Waals surface area contributed by atoms with Crippen molar-refractivity contribution in [2.75, 3.05) is 0 Å². The molecule has 0 bridgehead atoms. The monoisotopic (exact) mass is 187 g/mol. The zero-order chi connectivity index (χ0) is 9.80. The van der Waals surface area contributed by atoms with E-state index in [1.165, 1.54) is 6.21 Å². The lowest BCUT2D eigenvalue weighted by molar-refractivity contribution is 0.322. The summed E-state index contributed by atoms with van der Waals surface area (Å²) >= 11 is 0. The van der Waals surface area contributed by atoms with Gasteiger partial charge in [-0.1, -0.05) is 23.4 Å². The van der Waals surface area contributed by atoms with Gasteiger partial charge in [-0.3, -0.25) is 0 Å². The fraction of sp³-hybridized carbons (Fsp3) is 0. The highest BCUT2D eigenvalue weighted by Crippen LogP contribution is 2.19. The van der Waals surface area contributed by atoms with Crippen molar-refractivity contribution in [1.29, 1.82) is 0 Å². The number of furan rings is 1. The molecule has 0 aliphatic rings. The summed E-state index contributed by atoms with van der Waals surface area (Å²) in [6.45, 7) is 0. The molecular weight excluding hydrogens is 178 g/mol. The van der Waals surface area contributed by atoms with Crippen molar-refractivity contribution in [3.8, 4) is 11.3 Å². The smallest absolute Gasteiger partial charge is 0.133 e. The number of hydrogen-bond donors (Lipinski definition) is 1. The maximum atomic E-state index is 8.39. The average Bonchev–Trinajstić information content (AvgIpc) is 2.71. The molecule has 14 heavy (non-hydrogen) atoms. The Bertz CT molecular complexity index is 432. The van der Waals surface area contributed by atoms with E-state index in [1.807, 2.05) is 36.4 Å². The third-order valence-corrected chi connectivity index (χ3v) is 1.90. The van der Waals surface area contributed by atoms with Gasteiger partial charge in [-0.2, -0.15) is 0 Å². The maximum absolute atomic E-state index is 8.39. The molecule has 1 aromatic carbocycles. The summed E-state index contributed by atoms with van der Waals surface area (Å²) in [6, 6.07) is 11.3. The summed E-state index contributed by atoms with van der Waals surface area (Å²) in [4.78, 5) is 0. The van der Waals surface area contributed by atoms with Gasteiger partial charge in [0.25, 0.3) is 0 Å². The Morgan fingerprint density at radius 1 is 1.21 bits per heavy atom. The van der Waals surface area contributed by atoms with Crippen LogP contribution in [-0.2, 0) is 0 Å². The molecule has 0 unspecified atom stereocenters. The minimum absolute atomic E-state index is 0.804. The summed E-state index contributed by atoms with van der Waals surface area (Å²) in [7, 11) is 0. The zero-order valence-electron chi connectivity index (χ0n) is 7.42. The van der Waals surface area contributed by atoms with E-state index in [0.717, 1.165) is 16.9 Å². The lowest BCUT2D eigenvalue weighted by Crippen LogP contribution is -1.81. The number of oxime groups is 1. The SMILES string of the molecule is ON=Cc1cccc(-c2ccco2)c1. The molecule has 0 atom stereocenters. The van der Waals surface area contributed by atoms with E-state index in [0.29, 0.717) is 0 Å². The Hall–Kier alpha value is -2.03. The summed E-state index contributed by atoms with van der Waals surface area (Å²) in [6.07, 6.45) is 3.01. The van der Waals surface area contributed by atoms with Crippen molar-refractivity contribution >= 4 is 6.21 Å². The van der Waals surface area contributed by atoms with Crippen LogP contribution in [0.15, 0.2) is 52.2 Å². The minimum Gasteiger partial charge on any atom is -0.464 e. The summed E-state index contributed by atoms with van der Waals surface area (Å²) in [5.74, 6) is 0.804. The van der Waals surface area contributed by atoms with Crippen molar-refractivity contribution < 1.29 is 9.62 Å². The molecule has 0 fully saturated rings. The number of hydrogen-bond acceptors (Lipinski definition) is 3. The first-order valence-electron chi connectivity index (χ1n) is 4.21. The first-order valence-corrected chi connectivity index (χ1v) is 4.21. The van der Waals surface area contributed by atoms with E-state index in [1.54, 1.807) is 6.26 Å². The molecule has 1 heterocycles. The first kappa shape index (κ1) is 8.56. The summed E-state index contributed by atoms with van der Waals surface area (Å²) < 4.78 is 5.25. The van der Waals surface area contributed by atoms with Crippen molar-refractivity contribution in [2.45, 2.75) is 0 Å². The largest absolute Gasteiger partial charge is 0.464 e. The van der Waals surface area contributed by atoms with Crippen molar-refractivity contribution in [3.05, 3.63) is 48.2 Å². The van der Waals surface area contributed by atoms with E-state index in [4.69, 9.17) is 9.62 Å². The van der Waals surface area contributed by atoms with E-state index >= 15 is 0 Å². The van der Waals surface area contributed by atoms with Gasteiger partial charge in [-0.25, -0.2) is 0 Å². The summed E-state index contributed by atoms with van der Waals surface area (Å²) in [5.41, 5.74) is 1.80. The van der Waals surface area contributed by atoms with Gasteiger partial charge in [0.2, 0.25) is 0 Å². The minimum atomic E-state index is 0.804. The van der Waals surface area contributed by atoms with Crippen LogP contribution in [0.25, 0.3) is 11.3 Å². The van der Waals surface area contributed by atoms with Gasteiger partial charge in [0, 0.05) is 5.56 Å². The standard InChI is InChI=1S/C11H9NO2/c13-12-8-9-3-1-4-10(7-9)11-5-2-6-14-11/h1-8,13H. The Balaban J connectivity index is 2.40. The Kier molecular flexibility index (Phi) is 2.32. The quantitative estimate of drug-likeness (QED) is 0.446. The lowest BCUT2D eigenvalue weighted by atomic mass is 10.1. The van der Waals surface area contributed by atoms with Crippen LogP contribution in [0, 0.1) is 0 Å². The van der Waals surface area contributed by atoms with Crippen LogP contribution in [-0.4, -0.2) is 11.4 Å². The molecule has 3 nitrogen and oxygen atoms in total. The van der Waals surface area contributed by atoms with Crippen LogP contribution in [0.2, 0.25) is 0 Å². The predicted molar refractivity (Wildman–Crippen MR) is 53.5 cm³/mol. The molecule has 0 saturated carbocycles. The van der Waals surface area contributed by atoms with E-state index in [9.17, 15) is 0 Å². The second-order valence-electron chi connectivity index (χ2n) is 2.85. The molecule has 2 aromatic rings. The van der Waals surface area contributed by atoms with E-state index in [2.05, 4.69) is 5.16 Å². The molecule has 1 N–H and O–H groups in total. The fourth-order valence-electron chi connectivity index (χ4n) is 1.28. The topological polar surface area (TPSA) is 45.7 Å². The fourth-order valence-corrected chi connectivity index (χ4v) is 1.28. The first-order chi connectivity index (χ1) is 6.90. The van der Waals surface area contributed by atoms with Gasteiger partial charge in [-0.15, -0.1) is 0 Å². The Labute approximate surface area is 81.3 Å². The van der Waals surface area contributed by atoms with Gasteiger partial charge in [-0.05, 0) is 23.8 Å². The molecule has 0 saturated heterocycles. The zero-order valence-corrected chi connectivity index (χ0v) is 7.42. The van der Waals surface area contributed by atoms with E-state index < -0.39 is 0 Å². The molecule has 2 rings (SSSR count).